The Hall–Kier alpha value is -0.303. The predicted molar refractivity (Wildman–Crippen MR) is 49.7 cm³/mol. The second kappa shape index (κ2) is 2.39. The molecular formula is C9H16Si. The first kappa shape index (κ1) is 7.80. The monoisotopic (exact) mass is 152 g/mol. The summed E-state index contributed by atoms with van der Waals surface area (Å²) in [5.41, 5.74) is 0. The van der Waals surface area contributed by atoms with E-state index in [9.17, 15) is 0 Å². The molecule has 0 aromatic carbocycles. The van der Waals surface area contributed by atoms with Crippen LogP contribution in [0.2, 0.25) is 19.6 Å². The number of rotatable bonds is 1. The van der Waals surface area contributed by atoms with Crippen molar-refractivity contribution < 1.29 is 0 Å². The van der Waals surface area contributed by atoms with Crippen molar-refractivity contribution in [3.8, 4) is 0 Å². The van der Waals surface area contributed by atoms with Gasteiger partial charge in [0, 0.05) is 0 Å². The van der Waals surface area contributed by atoms with Gasteiger partial charge in [-0.3, -0.25) is 0 Å². The average Bonchev–Trinajstić information content (AvgIpc) is 2.11. The van der Waals surface area contributed by atoms with E-state index in [1.165, 1.54) is 0 Å². The molecule has 1 atom stereocenters. The highest BCUT2D eigenvalue weighted by molar-refractivity contribution is 6.83. The lowest BCUT2D eigenvalue weighted by Gasteiger charge is -2.21. The van der Waals surface area contributed by atoms with Crippen molar-refractivity contribution in [2.75, 3.05) is 0 Å². The normalized spacial score (nSPS) is 25.2. The summed E-state index contributed by atoms with van der Waals surface area (Å²) in [6, 6.07) is 0. The molecule has 1 unspecified atom stereocenters. The molecule has 0 radical (unpaired) electrons. The largest absolute Gasteiger partial charge is 0.0780 e. The van der Waals surface area contributed by atoms with Crippen molar-refractivity contribution in [2.45, 2.75) is 26.6 Å². The highest BCUT2D eigenvalue weighted by atomic mass is 28.3. The summed E-state index contributed by atoms with van der Waals surface area (Å²) in [5.74, 6) is 0.715. The molecule has 0 bridgehead atoms. The van der Waals surface area contributed by atoms with Crippen molar-refractivity contribution in [1.29, 1.82) is 0 Å². The molecule has 0 aromatic heterocycles. The zero-order valence-corrected chi connectivity index (χ0v) is 8.31. The van der Waals surface area contributed by atoms with E-state index in [0.717, 1.165) is 0 Å². The van der Waals surface area contributed by atoms with Gasteiger partial charge >= 0.3 is 0 Å². The van der Waals surface area contributed by atoms with E-state index in [1.54, 1.807) is 5.20 Å². The molecule has 0 heterocycles. The first-order chi connectivity index (χ1) is 4.52. The average molecular weight is 152 g/mol. The Bertz CT molecular complexity index is 181. The van der Waals surface area contributed by atoms with Gasteiger partial charge in [-0.15, -0.1) is 0 Å². The zero-order valence-electron chi connectivity index (χ0n) is 7.31. The fourth-order valence-electron chi connectivity index (χ4n) is 1.51. The van der Waals surface area contributed by atoms with E-state index in [1.807, 2.05) is 0 Å². The van der Waals surface area contributed by atoms with Crippen LogP contribution in [0.4, 0.5) is 0 Å². The third kappa shape index (κ3) is 1.40. The molecule has 1 aliphatic carbocycles. The van der Waals surface area contributed by atoms with E-state index < -0.39 is 8.07 Å². The van der Waals surface area contributed by atoms with E-state index in [0.29, 0.717) is 5.92 Å². The first-order valence-corrected chi connectivity index (χ1v) is 7.40. The van der Waals surface area contributed by atoms with Crippen LogP contribution < -0.4 is 0 Å². The second-order valence-corrected chi connectivity index (χ2v) is 9.12. The lowest BCUT2D eigenvalue weighted by atomic mass is 10.2. The van der Waals surface area contributed by atoms with Gasteiger partial charge in [0.05, 0.1) is 8.07 Å². The van der Waals surface area contributed by atoms with Crippen LogP contribution in [0.25, 0.3) is 0 Å². The summed E-state index contributed by atoms with van der Waals surface area (Å²) in [6.07, 6.45) is 6.78. The molecule has 0 amide bonds. The molecule has 1 rings (SSSR count). The minimum Gasteiger partial charge on any atom is -0.0780 e. The van der Waals surface area contributed by atoms with E-state index in [2.05, 4.69) is 44.8 Å². The lowest BCUT2D eigenvalue weighted by molar-refractivity contribution is 0.924. The van der Waals surface area contributed by atoms with Gasteiger partial charge in [-0.25, -0.2) is 0 Å². The van der Waals surface area contributed by atoms with Gasteiger partial charge in [0.1, 0.15) is 0 Å². The van der Waals surface area contributed by atoms with Crippen LogP contribution in [-0.4, -0.2) is 8.07 Å². The van der Waals surface area contributed by atoms with Crippen LogP contribution in [0.3, 0.4) is 0 Å². The standard InChI is InChI=1S/C9H16Si/c1-8-6-5-7-9(8)10(2,3)4/h5-8H,1-4H3. The Morgan fingerprint density at radius 2 is 1.90 bits per heavy atom. The maximum atomic E-state index is 2.41. The summed E-state index contributed by atoms with van der Waals surface area (Å²) >= 11 is 0. The quantitative estimate of drug-likeness (QED) is 0.507. The summed E-state index contributed by atoms with van der Waals surface area (Å²) in [5, 5.41) is 1.69. The summed E-state index contributed by atoms with van der Waals surface area (Å²) in [7, 11) is -0.989. The van der Waals surface area contributed by atoms with E-state index >= 15 is 0 Å². The van der Waals surface area contributed by atoms with Gasteiger partial charge < -0.3 is 0 Å². The van der Waals surface area contributed by atoms with Gasteiger partial charge in [0.2, 0.25) is 0 Å². The van der Waals surface area contributed by atoms with Crippen molar-refractivity contribution in [1.82, 2.24) is 0 Å². The molecule has 56 valence electrons. The van der Waals surface area contributed by atoms with Crippen LogP contribution >= 0.6 is 0 Å². The Balaban J connectivity index is 2.78. The minimum absolute atomic E-state index is 0.715. The highest BCUT2D eigenvalue weighted by Gasteiger charge is 2.24. The molecule has 0 fully saturated rings. The number of hydrogen-bond acceptors (Lipinski definition) is 0. The minimum atomic E-state index is -0.989. The lowest BCUT2D eigenvalue weighted by Crippen LogP contribution is -2.26. The van der Waals surface area contributed by atoms with Crippen LogP contribution in [0, 0.1) is 5.92 Å². The van der Waals surface area contributed by atoms with Crippen LogP contribution in [-0.2, 0) is 0 Å². The molecule has 0 spiro atoms. The van der Waals surface area contributed by atoms with E-state index in [4.69, 9.17) is 0 Å². The van der Waals surface area contributed by atoms with Gasteiger partial charge in [-0.1, -0.05) is 50.0 Å². The summed E-state index contributed by atoms with van der Waals surface area (Å²) in [4.78, 5) is 0. The maximum absolute atomic E-state index is 2.41. The Kier molecular flexibility index (Phi) is 1.86. The molecule has 0 saturated carbocycles. The highest BCUT2D eigenvalue weighted by Crippen LogP contribution is 2.27. The Labute approximate surface area is 64.7 Å². The molecule has 0 saturated heterocycles. The number of hydrogen-bond donors (Lipinski definition) is 0. The Morgan fingerprint density at radius 3 is 2.10 bits per heavy atom. The zero-order chi connectivity index (χ0) is 7.78. The predicted octanol–water partition coefficient (Wildman–Crippen LogP) is 3.00. The third-order valence-corrected chi connectivity index (χ3v) is 4.39. The van der Waals surface area contributed by atoms with Crippen molar-refractivity contribution in [3.05, 3.63) is 23.4 Å². The molecule has 1 heteroatoms. The SMILES string of the molecule is CC1C=CC=C1[Si](C)(C)C. The van der Waals surface area contributed by atoms with E-state index in [-0.39, 0.29) is 0 Å². The van der Waals surface area contributed by atoms with Crippen LogP contribution in [0.15, 0.2) is 23.4 Å². The van der Waals surface area contributed by atoms with Gasteiger partial charge in [0.15, 0.2) is 0 Å². The smallest absolute Gasteiger partial charge is 0.0732 e. The van der Waals surface area contributed by atoms with Gasteiger partial charge in [-0.2, -0.15) is 0 Å². The maximum Gasteiger partial charge on any atom is 0.0732 e. The first-order valence-electron chi connectivity index (χ1n) is 3.90. The molecule has 0 aliphatic heterocycles. The second-order valence-electron chi connectivity index (χ2n) is 4.05. The molecule has 0 aromatic rings. The fraction of sp³-hybridized carbons (Fsp3) is 0.556. The summed E-state index contributed by atoms with van der Waals surface area (Å²) in [6.45, 7) is 9.50. The van der Waals surface area contributed by atoms with Gasteiger partial charge in [0.25, 0.3) is 0 Å². The van der Waals surface area contributed by atoms with Crippen LogP contribution in [0.1, 0.15) is 6.92 Å². The molecule has 0 nitrogen and oxygen atoms in total. The molecule has 0 N–H and O–H groups in total. The third-order valence-electron chi connectivity index (χ3n) is 2.03. The Morgan fingerprint density at radius 1 is 1.30 bits per heavy atom. The topological polar surface area (TPSA) is 0 Å². The molecule has 1 aliphatic rings. The van der Waals surface area contributed by atoms with Crippen molar-refractivity contribution in [2.24, 2.45) is 5.92 Å². The molecule has 10 heavy (non-hydrogen) atoms. The fourth-order valence-corrected chi connectivity index (χ4v) is 3.57. The van der Waals surface area contributed by atoms with Crippen LogP contribution in [0.5, 0.6) is 0 Å². The molecular weight excluding hydrogens is 136 g/mol. The summed E-state index contributed by atoms with van der Waals surface area (Å²) < 4.78 is 0. The number of allylic oxidation sites excluding steroid dienone is 4. The van der Waals surface area contributed by atoms with Crippen molar-refractivity contribution >= 4 is 8.07 Å². The van der Waals surface area contributed by atoms with Gasteiger partial charge in [-0.05, 0) is 5.92 Å². The van der Waals surface area contributed by atoms with Crippen molar-refractivity contribution in [3.63, 3.8) is 0 Å².